The minimum Gasteiger partial charge on any atom is -0.444 e. The van der Waals surface area contributed by atoms with Crippen molar-refractivity contribution in [3.63, 3.8) is 0 Å². The first-order chi connectivity index (χ1) is 21.3. The van der Waals surface area contributed by atoms with Crippen molar-refractivity contribution in [3.8, 4) is 0 Å². The smallest absolute Gasteiger partial charge is 0.407 e. The predicted molar refractivity (Wildman–Crippen MR) is 167 cm³/mol. The summed E-state index contributed by atoms with van der Waals surface area (Å²) in [5.74, 6) is 0. The van der Waals surface area contributed by atoms with E-state index in [1.54, 1.807) is 0 Å². The van der Waals surface area contributed by atoms with Gasteiger partial charge in [-0.3, -0.25) is 0 Å². The van der Waals surface area contributed by atoms with Gasteiger partial charge >= 0.3 is 6.09 Å². The van der Waals surface area contributed by atoms with E-state index in [2.05, 4.69) is 10.6 Å². The second-order valence-electron chi connectivity index (χ2n) is 10.8. The lowest BCUT2D eigenvalue weighted by Crippen LogP contribution is -2.34. The van der Waals surface area contributed by atoms with E-state index in [1.165, 1.54) is 0 Å². The van der Waals surface area contributed by atoms with Gasteiger partial charge < -0.3 is 43.8 Å². The normalized spacial score (nSPS) is 12.4. The largest absolute Gasteiger partial charge is 0.444 e. The third-order valence-electron chi connectivity index (χ3n) is 5.88. The Labute approximate surface area is 261 Å². The van der Waals surface area contributed by atoms with Crippen LogP contribution in [0.3, 0.4) is 0 Å². The Balaban J connectivity index is 1.33. The molecule has 0 radical (unpaired) electrons. The zero-order chi connectivity index (χ0) is 31.7. The Hall–Kier alpha value is -2.64. The van der Waals surface area contributed by atoms with Crippen LogP contribution in [0.25, 0.3) is 0 Å². The Morgan fingerprint density at radius 3 is 1.50 bits per heavy atom. The number of rotatable bonds is 25. The number of hydrogen-bond acceptors (Lipinski definition) is 9. The highest BCUT2D eigenvalue weighted by Crippen LogP contribution is 2.21. The van der Waals surface area contributed by atoms with E-state index in [0.717, 1.165) is 11.1 Å². The third kappa shape index (κ3) is 19.6. The molecule has 10 nitrogen and oxygen atoms in total. The fourth-order valence-corrected chi connectivity index (χ4v) is 3.87. The molecule has 0 bridgehead atoms. The molecular weight excluding hydrogens is 571 g/mol. The van der Waals surface area contributed by atoms with Crippen LogP contribution >= 0.6 is 0 Å². The number of ether oxygens (including phenoxy) is 7. The summed E-state index contributed by atoms with van der Waals surface area (Å²) < 4.78 is 52.3. The number of benzene rings is 2. The van der Waals surface area contributed by atoms with E-state index in [1.807, 2.05) is 81.4 Å². The molecule has 0 heterocycles. The van der Waals surface area contributed by atoms with Gasteiger partial charge in [-0.2, -0.15) is 0 Å². The topological polar surface area (TPSA) is 106 Å². The lowest BCUT2D eigenvalue weighted by molar-refractivity contribution is -0.0192. The quantitative estimate of drug-likeness (QED) is 0.157. The molecule has 0 aromatic heterocycles. The number of halogens is 1. The van der Waals surface area contributed by atoms with Gasteiger partial charge in [0.1, 0.15) is 11.8 Å². The lowest BCUT2D eigenvalue weighted by Gasteiger charge is -2.21. The molecule has 2 aromatic rings. The molecule has 2 N–H and O–H groups in total. The SMILES string of the molecule is CC(C)(C)OC(=O)NCCOCCOCCOCCOCCOCCOCC(F)CNC(c1ccccc1)c1ccccc1. The minimum absolute atomic E-state index is 0.00453. The Bertz CT molecular complexity index is 926. The highest BCUT2D eigenvalue weighted by molar-refractivity contribution is 5.67. The van der Waals surface area contributed by atoms with Crippen molar-refractivity contribution in [1.82, 2.24) is 10.6 Å². The van der Waals surface area contributed by atoms with Crippen LogP contribution in [0.5, 0.6) is 0 Å². The first-order valence-electron chi connectivity index (χ1n) is 15.3. The Morgan fingerprint density at radius 1 is 0.659 bits per heavy atom. The number of hydrogen-bond donors (Lipinski definition) is 2. The van der Waals surface area contributed by atoms with Crippen molar-refractivity contribution in [3.05, 3.63) is 71.8 Å². The number of nitrogens with one attached hydrogen (secondary N) is 2. The molecule has 0 saturated heterocycles. The van der Waals surface area contributed by atoms with Crippen LogP contribution in [0.4, 0.5) is 9.18 Å². The first-order valence-corrected chi connectivity index (χ1v) is 15.3. The van der Waals surface area contributed by atoms with E-state index in [9.17, 15) is 9.18 Å². The fraction of sp³-hybridized carbons (Fsp3) is 0.606. The van der Waals surface area contributed by atoms with Crippen molar-refractivity contribution in [2.75, 3.05) is 92.4 Å². The second kappa shape index (κ2) is 23.7. The van der Waals surface area contributed by atoms with E-state index in [-0.39, 0.29) is 19.2 Å². The molecule has 0 aliphatic rings. The average molecular weight is 623 g/mol. The second-order valence-corrected chi connectivity index (χ2v) is 10.8. The van der Waals surface area contributed by atoms with Crippen molar-refractivity contribution < 1.29 is 42.3 Å². The Morgan fingerprint density at radius 2 is 1.07 bits per heavy atom. The molecule has 0 aliphatic carbocycles. The summed E-state index contributed by atoms with van der Waals surface area (Å²) in [6.45, 7) is 10.6. The van der Waals surface area contributed by atoms with Crippen molar-refractivity contribution in [2.45, 2.75) is 38.6 Å². The number of carbonyl (C=O) groups is 1. The van der Waals surface area contributed by atoms with Gasteiger partial charge in [0.15, 0.2) is 0 Å². The number of carbonyl (C=O) groups excluding carboxylic acids is 1. The van der Waals surface area contributed by atoms with Gasteiger partial charge in [-0.25, -0.2) is 9.18 Å². The molecule has 0 spiro atoms. The summed E-state index contributed by atoms with van der Waals surface area (Å²) in [6.07, 6.45) is -1.59. The van der Waals surface area contributed by atoms with E-state index >= 15 is 0 Å². The predicted octanol–water partition coefficient (Wildman–Crippen LogP) is 4.33. The summed E-state index contributed by atoms with van der Waals surface area (Å²) in [6, 6.07) is 19.9. The molecule has 1 amide bonds. The van der Waals surface area contributed by atoms with Gasteiger partial charge in [-0.05, 0) is 31.9 Å². The summed E-state index contributed by atoms with van der Waals surface area (Å²) in [5.41, 5.74) is 1.66. The molecule has 0 aliphatic heterocycles. The minimum atomic E-state index is -1.13. The maximum Gasteiger partial charge on any atom is 0.407 e. The van der Waals surface area contributed by atoms with E-state index in [0.29, 0.717) is 79.2 Å². The maximum absolute atomic E-state index is 14.5. The molecule has 2 aromatic carbocycles. The van der Waals surface area contributed by atoms with E-state index < -0.39 is 17.9 Å². The van der Waals surface area contributed by atoms with Crippen molar-refractivity contribution in [1.29, 1.82) is 0 Å². The Kier molecular flexibility index (Phi) is 20.2. The van der Waals surface area contributed by atoms with Gasteiger partial charge in [0.2, 0.25) is 0 Å². The molecule has 0 fully saturated rings. The molecule has 2 rings (SSSR count). The van der Waals surface area contributed by atoms with Gasteiger partial charge in [0.05, 0.1) is 85.3 Å². The van der Waals surface area contributed by atoms with Crippen LogP contribution in [-0.4, -0.2) is 110 Å². The lowest BCUT2D eigenvalue weighted by atomic mass is 9.98. The maximum atomic E-state index is 14.5. The van der Waals surface area contributed by atoms with Gasteiger partial charge in [-0.15, -0.1) is 0 Å². The highest BCUT2D eigenvalue weighted by atomic mass is 19.1. The third-order valence-corrected chi connectivity index (χ3v) is 5.88. The molecular formula is C33H51FN2O8. The first kappa shape index (κ1) is 37.5. The fourth-order valence-electron chi connectivity index (χ4n) is 3.87. The summed E-state index contributed by atoms with van der Waals surface area (Å²) in [4.78, 5) is 11.5. The molecule has 44 heavy (non-hydrogen) atoms. The zero-order valence-electron chi connectivity index (χ0n) is 26.5. The monoisotopic (exact) mass is 622 g/mol. The summed E-state index contributed by atoms with van der Waals surface area (Å²) in [5, 5.41) is 5.96. The van der Waals surface area contributed by atoms with Crippen LogP contribution in [0.2, 0.25) is 0 Å². The van der Waals surface area contributed by atoms with Crippen LogP contribution in [0.15, 0.2) is 60.7 Å². The van der Waals surface area contributed by atoms with E-state index in [4.69, 9.17) is 33.2 Å². The van der Waals surface area contributed by atoms with Crippen LogP contribution in [0.1, 0.15) is 37.9 Å². The number of alkyl carbamates (subject to hydrolysis) is 1. The van der Waals surface area contributed by atoms with Gasteiger partial charge in [0, 0.05) is 13.1 Å². The summed E-state index contributed by atoms with van der Waals surface area (Å²) >= 11 is 0. The van der Waals surface area contributed by atoms with Crippen molar-refractivity contribution >= 4 is 6.09 Å². The highest BCUT2D eigenvalue weighted by Gasteiger charge is 2.16. The van der Waals surface area contributed by atoms with Gasteiger partial charge in [-0.1, -0.05) is 60.7 Å². The molecule has 11 heteroatoms. The molecule has 1 atom stereocenters. The zero-order valence-corrected chi connectivity index (χ0v) is 26.5. The molecule has 248 valence electrons. The van der Waals surface area contributed by atoms with Crippen LogP contribution in [-0.2, 0) is 33.2 Å². The molecule has 0 saturated carbocycles. The number of alkyl halides is 1. The average Bonchev–Trinajstić information content (AvgIpc) is 3.00. The van der Waals surface area contributed by atoms with Crippen molar-refractivity contribution in [2.24, 2.45) is 0 Å². The van der Waals surface area contributed by atoms with Crippen LogP contribution < -0.4 is 10.6 Å². The summed E-state index contributed by atoms with van der Waals surface area (Å²) in [7, 11) is 0. The van der Waals surface area contributed by atoms with Gasteiger partial charge in [0.25, 0.3) is 0 Å². The standard InChI is InChI=1S/C33H51FN2O8/c1-33(2,3)44-32(37)35-14-15-38-16-17-39-18-19-40-20-21-41-22-23-42-24-25-43-27-30(34)26-36-31(28-10-6-4-7-11-28)29-12-8-5-9-13-29/h4-13,30-31,36H,14-27H2,1-3H3,(H,35,37). The molecule has 1 unspecified atom stereocenters. The number of amides is 1. The van der Waals surface area contributed by atoms with Crippen LogP contribution in [0, 0.1) is 0 Å².